The molecule has 0 bridgehead atoms. The third kappa shape index (κ3) is 4.56. The second kappa shape index (κ2) is 11.1. The number of rotatable bonds is 8. The van der Waals surface area contributed by atoms with Gasteiger partial charge in [-0.2, -0.15) is 0 Å². The van der Waals surface area contributed by atoms with Crippen molar-refractivity contribution >= 4 is 28.4 Å². The van der Waals surface area contributed by atoms with Crippen LogP contribution in [0.5, 0.6) is 11.5 Å². The number of hydrogen-bond donors (Lipinski definition) is 2. The number of esters is 2. The lowest BCUT2D eigenvalue weighted by Gasteiger charge is -2.47. The minimum absolute atomic E-state index is 0.288. The summed E-state index contributed by atoms with van der Waals surface area (Å²) < 4.78 is 21.5. The fourth-order valence-corrected chi connectivity index (χ4v) is 5.83. The Morgan fingerprint density at radius 3 is 2.39 bits per heavy atom. The van der Waals surface area contributed by atoms with Gasteiger partial charge in [-0.1, -0.05) is 30.3 Å². The van der Waals surface area contributed by atoms with E-state index in [4.69, 9.17) is 23.9 Å². The zero-order valence-electron chi connectivity index (χ0n) is 22.2. The first-order chi connectivity index (χ1) is 18.3. The van der Waals surface area contributed by atoms with Crippen LogP contribution in [0, 0.1) is 0 Å². The number of nitrogens with zero attached hydrogens (tertiary/aromatic N) is 1. The lowest BCUT2D eigenvalue weighted by molar-refractivity contribution is -0.149. The third-order valence-electron chi connectivity index (χ3n) is 6.90. The Labute approximate surface area is 225 Å². The first-order valence-corrected chi connectivity index (χ1v) is 12.8. The summed E-state index contributed by atoms with van der Waals surface area (Å²) in [4.78, 5) is 31.7. The molecule has 3 aromatic rings. The molecule has 0 radical (unpaired) electrons. The van der Waals surface area contributed by atoms with Crippen molar-refractivity contribution in [3.63, 3.8) is 0 Å². The molecule has 1 aromatic heterocycles. The number of nitrogens with one attached hydrogen (secondary N) is 2. The van der Waals surface area contributed by atoms with Gasteiger partial charge in [0.05, 0.1) is 45.7 Å². The van der Waals surface area contributed by atoms with Crippen molar-refractivity contribution in [2.75, 3.05) is 33.8 Å². The van der Waals surface area contributed by atoms with Gasteiger partial charge in [0.15, 0.2) is 5.13 Å². The Morgan fingerprint density at radius 1 is 1.03 bits per heavy atom. The molecule has 0 amide bonds. The highest BCUT2D eigenvalue weighted by Gasteiger charge is 2.58. The van der Waals surface area contributed by atoms with Gasteiger partial charge in [-0.25, -0.2) is 9.78 Å². The van der Waals surface area contributed by atoms with Crippen molar-refractivity contribution < 1.29 is 28.5 Å². The Bertz CT molecular complexity index is 1360. The number of anilines is 1. The molecule has 0 saturated carbocycles. The van der Waals surface area contributed by atoms with E-state index in [2.05, 4.69) is 10.6 Å². The lowest BCUT2D eigenvalue weighted by Crippen LogP contribution is -2.65. The van der Waals surface area contributed by atoms with E-state index in [1.807, 2.05) is 60.8 Å². The fraction of sp³-hybridized carbons (Fsp3) is 0.321. The molecule has 2 N–H and O–H groups in total. The maximum absolute atomic E-state index is 13.7. The predicted octanol–water partition coefficient (Wildman–Crippen LogP) is 4.16. The van der Waals surface area contributed by atoms with Crippen molar-refractivity contribution in [1.82, 2.24) is 10.3 Å². The number of aromatic nitrogens is 1. The molecular formula is C28H31N3O6S. The number of thiazole rings is 1. The van der Waals surface area contributed by atoms with Gasteiger partial charge in [0.25, 0.3) is 0 Å². The molecule has 2 heterocycles. The third-order valence-corrected chi connectivity index (χ3v) is 7.67. The minimum atomic E-state index is -1.32. The van der Waals surface area contributed by atoms with E-state index in [-0.39, 0.29) is 5.57 Å². The van der Waals surface area contributed by atoms with Gasteiger partial charge >= 0.3 is 11.9 Å². The normalized spacial score (nSPS) is 20.8. The second-order valence-corrected chi connectivity index (χ2v) is 9.66. The van der Waals surface area contributed by atoms with Crippen LogP contribution in [0.4, 0.5) is 5.13 Å². The maximum atomic E-state index is 13.7. The number of methoxy groups -OCH3 is 4. The molecule has 10 heteroatoms. The summed E-state index contributed by atoms with van der Waals surface area (Å²) in [6, 6.07) is 13.5. The van der Waals surface area contributed by atoms with Crippen LogP contribution in [-0.4, -0.2) is 57.4 Å². The van der Waals surface area contributed by atoms with E-state index in [0.717, 1.165) is 5.56 Å². The highest BCUT2D eigenvalue weighted by atomic mass is 32.1. The molecule has 1 aliphatic heterocycles. The average molecular weight is 538 g/mol. The number of ether oxygens (including phenoxy) is 4. The number of allylic oxidation sites excluding steroid dienone is 1. The zero-order valence-corrected chi connectivity index (χ0v) is 23.0. The van der Waals surface area contributed by atoms with Gasteiger partial charge < -0.3 is 29.6 Å². The summed E-state index contributed by atoms with van der Waals surface area (Å²) in [7, 11) is 5.85. The molecule has 0 aliphatic carbocycles. The van der Waals surface area contributed by atoms with E-state index in [1.165, 1.54) is 25.6 Å². The fourth-order valence-electron chi connectivity index (χ4n) is 5.09. The SMILES string of the molecule is COC(=O)C1=C(C)NC(C)C(C(=O)OC)(c2ccccc2)C1Nc1nc(-c2cc(OC)ccc2OC)cs1. The van der Waals surface area contributed by atoms with Gasteiger partial charge in [-0.15, -0.1) is 11.3 Å². The average Bonchev–Trinajstić information content (AvgIpc) is 3.41. The summed E-state index contributed by atoms with van der Waals surface area (Å²) in [6.45, 7) is 3.68. The maximum Gasteiger partial charge on any atom is 0.337 e. The van der Waals surface area contributed by atoms with Gasteiger partial charge in [0.1, 0.15) is 16.9 Å². The van der Waals surface area contributed by atoms with Gasteiger partial charge in [0, 0.05) is 22.7 Å². The van der Waals surface area contributed by atoms with Crippen molar-refractivity contribution in [2.24, 2.45) is 0 Å². The lowest BCUT2D eigenvalue weighted by atomic mass is 9.64. The molecule has 2 aromatic carbocycles. The predicted molar refractivity (Wildman–Crippen MR) is 146 cm³/mol. The van der Waals surface area contributed by atoms with E-state index in [9.17, 15) is 9.59 Å². The minimum Gasteiger partial charge on any atom is -0.497 e. The molecule has 0 saturated heterocycles. The number of hydrogen-bond acceptors (Lipinski definition) is 10. The molecule has 3 unspecified atom stereocenters. The molecule has 38 heavy (non-hydrogen) atoms. The molecular weight excluding hydrogens is 506 g/mol. The van der Waals surface area contributed by atoms with E-state index in [0.29, 0.717) is 33.6 Å². The Hall–Kier alpha value is -4.05. The largest absolute Gasteiger partial charge is 0.497 e. The van der Waals surface area contributed by atoms with Crippen LogP contribution >= 0.6 is 11.3 Å². The van der Waals surface area contributed by atoms with E-state index in [1.54, 1.807) is 21.1 Å². The quantitative estimate of drug-likeness (QED) is 0.410. The summed E-state index contributed by atoms with van der Waals surface area (Å²) >= 11 is 1.34. The van der Waals surface area contributed by atoms with Crippen molar-refractivity contribution in [1.29, 1.82) is 0 Å². The summed E-state index contributed by atoms with van der Waals surface area (Å²) in [5.74, 6) is 0.240. The smallest absolute Gasteiger partial charge is 0.337 e. The number of carbonyl (C=O) groups excluding carboxylic acids is 2. The first-order valence-electron chi connectivity index (χ1n) is 12.0. The summed E-state index contributed by atoms with van der Waals surface area (Å²) in [6.07, 6.45) is 0. The van der Waals surface area contributed by atoms with Crippen LogP contribution in [0.3, 0.4) is 0 Å². The molecule has 3 atom stereocenters. The Balaban J connectivity index is 1.88. The molecule has 0 fully saturated rings. The topological polar surface area (TPSA) is 108 Å². The molecule has 0 spiro atoms. The van der Waals surface area contributed by atoms with Crippen LogP contribution in [0.25, 0.3) is 11.3 Å². The Kier molecular flexibility index (Phi) is 7.91. The molecule has 1 aliphatic rings. The van der Waals surface area contributed by atoms with E-state index < -0.39 is 29.4 Å². The summed E-state index contributed by atoms with van der Waals surface area (Å²) in [5, 5.41) is 9.10. The van der Waals surface area contributed by atoms with Gasteiger partial charge in [-0.05, 0) is 37.6 Å². The standard InChI is InChI=1S/C28H31N3O6S/c1-16-23(25(32)36-5)24(28(17(2)29-16,26(33)37-6)18-10-8-7-9-11-18)31-27-30-21(15-38-27)20-14-19(34-3)12-13-22(20)35-4/h7-15,17,24,29H,1-6H3,(H,30,31). The van der Waals surface area contributed by atoms with Crippen LogP contribution in [0.15, 0.2) is 65.2 Å². The number of benzene rings is 2. The van der Waals surface area contributed by atoms with Crippen molar-refractivity contribution in [2.45, 2.75) is 31.3 Å². The second-order valence-electron chi connectivity index (χ2n) is 8.80. The van der Waals surface area contributed by atoms with Gasteiger partial charge in [0.2, 0.25) is 0 Å². The first kappa shape index (κ1) is 27.0. The van der Waals surface area contributed by atoms with Gasteiger partial charge in [-0.3, -0.25) is 4.79 Å². The van der Waals surface area contributed by atoms with Crippen molar-refractivity contribution in [3.05, 3.63) is 70.7 Å². The molecule has 9 nitrogen and oxygen atoms in total. The molecule has 200 valence electrons. The van der Waals surface area contributed by atoms with Crippen LogP contribution < -0.4 is 20.1 Å². The van der Waals surface area contributed by atoms with E-state index >= 15 is 0 Å². The Morgan fingerprint density at radius 2 is 1.76 bits per heavy atom. The zero-order chi connectivity index (χ0) is 27.4. The van der Waals surface area contributed by atoms with Crippen LogP contribution in [0.2, 0.25) is 0 Å². The summed E-state index contributed by atoms with van der Waals surface area (Å²) in [5.41, 5.74) is 1.65. The van der Waals surface area contributed by atoms with Crippen molar-refractivity contribution in [3.8, 4) is 22.8 Å². The number of carbonyl (C=O) groups is 2. The highest BCUT2D eigenvalue weighted by Crippen LogP contribution is 2.43. The van der Waals surface area contributed by atoms with Crippen LogP contribution in [0.1, 0.15) is 19.4 Å². The van der Waals surface area contributed by atoms with Crippen LogP contribution in [-0.2, 0) is 24.5 Å². The highest BCUT2D eigenvalue weighted by molar-refractivity contribution is 7.14. The molecule has 4 rings (SSSR count). The monoisotopic (exact) mass is 537 g/mol.